The summed E-state index contributed by atoms with van der Waals surface area (Å²) in [6, 6.07) is -2.01. The third kappa shape index (κ3) is 22.0. The van der Waals surface area contributed by atoms with E-state index in [2.05, 4.69) is 21.3 Å². The van der Waals surface area contributed by atoms with Gasteiger partial charge in [-0.05, 0) is 26.7 Å². The second-order valence-corrected chi connectivity index (χ2v) is 20.1. The van der Waals surface area contributed by atoms with Crippen molar-refractivity contribution >= 4 is 23.6 Å². The van der Waals surface area contributed by atoms with Crippen LogP contribution in [0.5, 0.6) is 0 Å². The summed E-state index contributed by atoms with van der Waals surface area (Å²) >= 11 is 0. The molecule has 0 bridgehead atoms. The second kappa shape index (κ2) is 37.5. The molecule has 32 nitrogen and oxygen atoms in total. The Labute approximate surface area is 475 Å². The van der Waals surface area contributed by atoms with Gasteiger partial charge in [-0.15, -0.1) is 0 Å². The average molecular weight is 1200 g/mol. The zero-order valence-electron chi connectivity index (χ0n) is 47.3. The van der Waals surface area contributed by atoms with Gasteiger partial charge in [0.15, 0.2) is 24.8 Å². The maximum Gasteiger partial charge on any atom is 0.252 e. The molecule has 0 aromatic rings. The molecule has 10 unspecified atom stereocenters. The van der Waals surface area contributed by atoms with Crippen LogP contribution in [0.2, 0.25) is 0 Å². The molecule has 22 atom stereocenters. The molecule has 0 aliphatic carbocycles. The highest BCUT2D eigenvalue weighted by Crippen LogP contribution is 2.32. The van der Waals surface area contributed by atoms with E-state index in [9.17, 15) is 60.0 Å². The molecule has 0 saturated carbocycles. The quantitative estimate of drug-likeness (QED) is 0.0257. The number of aliphatic hydroxyl groups excluding tert-OH is 10. The van der Waals surface area contributed by atoms with Gasteiger partial charge in [-0.1, -0.05) is 0 Å². The molecule has 4 rings (SSSR count). The fourth-order valence-corrected chi connectivity index (χ4v) is 9.51. The second-order valence-electron chi connectivity index (χ2n) is 20.1. The number of aliphatic hydroxyl groups is 10. The predicted molar refractivity (Wildman–Crippen MR) is 275 cm³/mol. The summed E-state index contributed by atoms with van der Waals surface area (Å²) in [6.45, 7) is 4.80. The first-order chi connectivity index (χ1) is 39.2. The molecule has 4 fully saturated rings. The number of carbonyl (C=O) groups is 4. The molecule has 14 N–H and O–H groups in total. The van der Waals surface area contributed by atoms with E-state index < -0.39 is 158 Å². The van der Waals surface area contributed by atoms with Crippen molar-refractivity contribution in [3.05, 3.63) is 0 Å². The van der Waals surface area contributed by atoms with Gasteiger partial charge in [0.1, 0.15) is 85.5 Å². The molecular weight excluding hydrogens is 1100 g/mol. The molecule has 4 amide bonds. The summed E-state index contributed by atoms with van der Waals surface area (Å²) in [6.07, 6.45) is -26.6. The predicted octanol–water partition coefficient (Wildman–Crippen LogP) is -8.20. The fraction of sp³-hybridized carbons (Fsp3) is 0.920. The number of methoxy groups -OCH3 is 2. The minimum atomic E-state index is -1.77. The van der Waals surface area contributed by atoms with Crippen LogP contribution in [0, 0.1) is 0 Å². The number of hydrogen-bond donors (Lipinski definition) is 14. The van der Waals surface area contributed by atoms with E-state index in [1.165, 1.54) is 28.1 Å². The molecule has 4 saturated heterocycles. The third-order valence-corrected chi connectivity index (χ3v) is 13.6. The molecule has 0 aromatic carbocycles. The molecule has 32 heteroatoms. The molecule has 0 aromatic heterocycles. The van der Waals surface area contributed by atoms with Crippen molar-refractivity contribution in [3.8, 4) is 0 Å². The van der Waals surface area contributed by atoms with Gasteiger partial charge >= 0.3 is 0 Å². The lowest BCUT2D eigenvalue weighted by molar-refractivity contribution is -0.326. The van der Waals surface area contributed by atoms with Gasteiger partial charge in [-0.3, -0.25) is 19.2 Å². The molecule has 0 radical (unpaired) electrons. The fourth-order valence-electron chi connectivity index (χ4n) is 9.51. The van der Waals surface area contributed by atoms with Gasteiger partial charge in [0.2, 0.25) is 11.8 Å². The first-order valence-electron chi connectivity index (χ1n) is 27.4. The number of unbranched alkanes of at least 4 members (excludes halogenated alkanes) is 1. The Morgan fingerprint density at radius 1 is 0.476 bits per heavy atom. The Morgan fingerprint density at radius 2 is 0.841 bits per heavy atom. The van der Waals surface area contributed by atoms with Crippen LogP contribution in [0.4, 0.5) is 0 Å². The van der Waals surface area contributed by atoms with Crippen molar-refractivity contribution in [1.82, 2.24) is 21.3 Å². The molecule has 4 heterocycles. The van der Waals surface area contributed by atoms with Crippen molar-refractivity contribution in [2.24, 2.45) is 0 Å². The minimum Gasteiger partial charge on any atom is -0.394 e. The van der Waals surface area contributed by atoms with Crippen molar-refractivity contribution in [2.45, 2.75) is 175 Å². The summed E-state index contributed by atoms with van der Waals surface area (Å²) in [5, 5.41) is 116. The lowest BCUT2D eigenvalue weighted by atomic mass is 9.92. The van der Waals surface area contributed by atoms with Gasteiger partial charge in [0.25, 0.3) is 11.8 Å². The van der Waals surface area contributed by atoms with Gasteiger partial charge in [-0.25, -0.2) is 0 Å². The van der Waals surface area contributed by atoms with Crippen molar-refractivity contribution in [3.63, 3.8) is 0 Å². The van der Waals surface area contributed by atoms with E-state index in [0.717, 1.165) is 0 Å². The molecule has 4 aliphatic rings. The summed E-state index contributed by atoms with van der Waals surface area (Å²) in [5.74, 6) is -2.45. The maximum atomic E-state index is 13.1. The standard InChI is InChI=1S/C50H90N4O28/c1-25-33(53-27(3)57)41(79-49-39(65)37(63)43(69-5)45(81-49)47(67)51-9-15-71-17-11-55)35(61)31(77-25)23-75-21-29(59)19-73-13-7-8-14-74-20-30(60)22-76-24-32-36(62)42(34(26(2)78-32)54-28(4)58)80-50-40(66)38(64)44(70-6)46(82-50)48(68)52-10-16-72-18-12-56/h25-26,29-46,49-50,55-56,59-66H,7-24H2,1-6H3,(H,51,67)(H,52,68)(H,53,57)(H,54,58)/t25-,26-,29?,30?,31?,32?,33?,34?,35+,36+,37+,38+,39?,40?,41+,42+,43-,44-,45?,46?,49+,50+/m0/s1. The summed E-state index contributed by atoms with van der Waals surface area (Å²) in [5.41, 5.74) is 0. The zero-order valence-corrected chi connectivity index (χ0v) is 47.3. The van der Waals surface area contributed by atoms with E-state index >= 15 is 0 Å². The lowest BCUT2D eigenvalue weighted by Gasteiger charge is -2.47. The van der Waals surface area contributed by atoms with Crippen LogP contribution in [-0.4, -0.2) is 329 Å². The van der Waals surface area contributed by atoms with Gasteiger partial charge in [-0.2, -0.15) is 0 Å². The van der Waals surface area contributed by atoms with Crippen LogP contribution < -0.4 is 21.3 Å². The topological polar surface area (TPSA) is 448 Å². The highest BCUT2D eigenvalue weighted by molar-refractivity contribution is 5.82. The Bertz CT molecular complexity index is 1710. The highest BCUT2D eigenvalue weighted by atomic mass is 16.7. The highest BCUT2D eigenvalue weighted by Gasteiger charge is 2.54. The van der Waals surface area contributed by atoms with Crippen LogP contribution in [-0.2, 0) is 85.5 Å². The summed E-state index contributed by atoms with van der Waals surface area (Å²) in [4.78, 5) is 50.6. The van der Waals surface area contributed by atoms with Crippen LogP contribution in [0.1, 0.15) is 40.5 Å². The van der Waals surface area contributed by atoms with E-state index in [1.54, 1.807) is 13.8 Å². The maximum absolute atomic E-state index is 13.1. The Balaban J connectivity index is 1.16. The largest absolute Gasteiger partial charge is 0.394 e. The number of hydrogen-bond acceptors (Lipinski definition) is 28. The normalized spacial score (nSPS) is 34.9. The third-order valence-electron chi connectivity index (χ3n) is 13.6. The monoisotopic (exact) mass is 1190 g/mol. The van der Waals surface area contributed by atoms with E-state index in [1.807, 2.05) is 0 Å². The smallest absolute Gasteiger partial charge is 0.252 e. The lowest BCUT2D eigenvalue weighted by Crippen LogP contribution is -2.68. The molecule has 82 heavy (non-hydrogen) atoms. The first-order valence-corrected chi connectivity index (χ1v) is 27.4. The Kier molecular flexibility index (Phi) is 32.6. The van der Waals surface area contributed by atoms with E-state index in [-0.39, 0.29) is 106 Å². The number of ether oxygens (including phenoxy) is 14. The Hall–Kier alpha value is -3.08. The van der Waals surface area contributed by atoms with Crippen molar-refractivity contribution in [2.75, 3.05) is 120 Å². The number of nitrogens with one attached hydrogen (secondary N) is 4. The van der Waals surface area contributed by atoms with Crippen LogP contribution in [0.25, 0.3) is 0 Å². The molecular formula is C50H90N4O28. The van der Waals surface area contributed by atoms with Gasteiger partial charge in [0, 0.05) is 54.4 Å². The van der Waals surface area contributed by atoms with Crippen molar-refractivity contribution in [1.29, 1.82) is 0 Å². The zero-order chi connectivity index (χ0) is 60.5. The number of amides is 4. The van der Waals surface area contributed by atoms with Crippen LogP contribution >= 0.6 is 0 Å². The number of rotatable bonds is 37. The molecule has 478 valence electrons. The van der Waals surface area contributed by atoms with Crippen molar-refractivity contribution < 1.29 is 137 Å². The Morgan fingerprint density at radius 3 is 1.18 bits per heavy atom. The average Bonchev–Trinajstić information content (AvgIpc) is 3.46. The van der Waals surface area contributed by atoms with Crippen LogP contribution in [0.15, 0.2) is 0 Å². The minimum absolute atomic E-state index is 0.0197. The van der Waals surface area contributed by atoms with Gasteiger partial charge < -0.3 is 139 Å². The summed E-state index contributed by atoms with van der Waals surface area (Å²) in [7, 11) is 2.42. The summed E-state index contributed by atoms with van der Waals surface area (Å²) < 4.78 is 79.0. The van der Waals surface area contributed by atoms with Crippen LogP contribution in [0.3, 0.4) is 0 Å². The molecule has 4 aliphatic heterocycles. The SMILES string of the molecule is CO[C@@H]1C(C(=O)NCCOCCO)O[C@@H](O[C@@H]2C(NC(C)=O)[C@H](C)OC(COCC(O)COCCCCOCC(O)COCC3O[C@@H](C)C(NC(C)=O)[C@@H](O[C@@H]4OC(C(=O)NCCOCCO)[C@@H](OC)[C@H](O)C4O)[C@@H]3O)[C@H]2O)C(O)[C@H]1O. The molecule has 0 spiro atoms. The number of carbonyl (C=O) groups excluding carboxylic acids is 4. The first kappa shape index (κ1) is 71.4. The van der Waals surface area contributed by atoms with E-state index in [0.29, 0.717) is 12.8 Å². The van der Waals surface area contributed by atoms with E-state index in [4.69, 9.17) is 76.5 Å². The van der Waals surface area contributed by atoms with Gasteiger partial charge in [0.05, 0.1) is 104 Å².